The van der Waals surface area contributed by atoms with Gasteiger partial charge in [-0.3, -0.25) is 4.79 Å². The van der Waals surface area contributed by atoms with Crippen LogP contribution in [0.3, 0.4) is 0 Å². The van der Waals surface area contributed by atoms with Gasteiger partial charge in [0.1, 0.15) is 11.3 Å². The summed E-state index contributed by atoms with van der Waals surface area (Å²) in [6.45, 7) is 3.59. The molecule has 2 N–H and O–H groups in total. The Morgan fingerprint density at radius 1 is 1.38 bits per heavy atom. The Hall–Kier alpha value is -2.48. The number of aromatic carboxylic acids is 1. The van der Waals surface area contributed by atoms with Crippen LogP contribution in [0.5, 0.6) is 5.75 Å². The normalized spacial score (nSPS) is 10.5. The molecule has 21 heavy (non-hydrogen) atoms. The minimum Gasteiger partial charge on any atom is -0.484 e. The first-order chi connectivity index (χ1) is 9.96. The number of benzene rings is 1. The SMILES string of the molecule is C#CC(CC)(CC)NC(=O)COc1cccc(C(=O)O)c1. The van der Waals surface area contributed by atoms with Crippen LogP contribution in [0.25, 0.3) is 0 Å². The summed E-state index contributed by atoms with van der Waals surface area (Å²) in [5.74, 6) is 1.54. The number of carboxylic acid groups (broad SMARTS) is 1. The van der Waals surface area contributed by atoms with Crippen molar-refractivity contribution in [1.82, 2.24) is 5.32 Å². The second kappa shape index (κ2) is 7.34. The molecule has 112 valence electrons. The molecule has 1 aromatic rings. The highest BCUT2D eigenvalue weighted by molar-refractivity contribution is 5.88. The third-order valence-corrected chi connectivity index (χ3v) is 3.31. The van der Waals surface area contributed by atoms with E-state index in [4.69, 9.17) is 16.3 Å². The van der Waals surface area contributed by atoms with E-state index in [-0.39, 0.29) is 18.1 Å². The minimum atomic E-state index is -1.05. The van der Waals surface area contributed by atoms with Gasteiger partial charge in [0, 0.05) is 0 Å². The zero-order chi connectivity index (χ0) is 15.9. The van der Waals surface area contributed by atoms with Crippen LogP contribution in [-0.2, 0) is 4.79 Å². The molecule has 0 saturated heterocycles. The zero-order valence-corrected chi connectivity index (χ0v) is 12.2. The molecule has 0 saturated carbocycles. The minimum absolute atomic E-state index is 0.105. The van der Waals surface area contributed by atoms with Crippen molar-refractivity contribution < 1.29 is 19.4 Å². The Balaban J connectivity index is 2.63. The second-order valence-electron chi connectivity index (χ2n) is 4.60. The lowest BCUT2D eigenvalue weighted by Crippen LogP contribution is -2.48. The maximum atomic E-state index is 11.9. The summed E-state index contributed by atoms with van der Waals surface area (Å²) in [7, 11) is 0. The van der Waals surface area contributed by atoms with Gasteiger partial charge >= 0.3 is 5.97 Å². The molecule has 0 aliphatic carbocycles. The average molecular weight is 289 g/mol. The summed E-state index contributed by atoms with van der Waals surface area (Å²) < 4.78 is 5.29. The Bertz CT molecular complexity index is 556. The van der Waals surface area contributed by atoms with Crippen molar-refractivity contribution in [2.24, 2.45) is 0 Å². The van der Waals surface area contributed by atoms with E-state index in [0.717, 1.165) is 0 Å². The number of rotatable bonds is 7. The third kappa shape index (κ3) is 4.53. The largest absolute Gasteiger partial charge is 0.484 e. The Kier molecular flexibility index (Phi) is 5.79. The fourth-order valence-corrected chi connectivity index (χ4v) is 1.84. The molecule has 5 nitrogen and oxygen atoms in total. The number of amides is 1. The van der Waals surface area contributed by atoms with Crippen molar-refractivity contribution >= 4 is 11.9 Å². The summed E-state index contributed by atoms with van der Waals surface area (Å²) in [4.78, 5) is 22.7. The monoisotopic (exact) mass is 289 g/mol. The van der Waals surface area contributed by atoms with Crippen molar-refractivity contribution in [3.63, 3.8) is 0 Å². The molecular formula is C16H19NO4. The number of ether oxygens (including phenoxy) is 1. The molecule has 0 spiro atoms. The van der Waals surface area contributed by atoms with E-state index in [1.807, 2.05) is 13.8 Å². The lowest BCUT2D eigenvalue weighted by atomic mass is 9.94. The van der Waals surface area contributed by atoms with E-state index in [9.17, 15) is 9.59 Å². The van der Waals surface area contributed by atoms with Gasteiger partial charge in [-0.25, -0.2) is 4.79 Å². The van der Waals surface area contributed by atoms with Gasteiger partial charge in [0.25, 0.3) is 5.91 Å². The van der Waals surface area contributed by atoms with Crippen LogP contribution in [0.4, 0.5) is 0 Å². The Morgan fingerprint density at radius 3 is 2.57 bits per heavy atom. The van der Waals surface area contributed by atoms with Gasteiger partial charge in [-0.05, 0) is 31.0 Å². The van der Waals surface area contributed by atoms with Crippen LogP contribution >= 0.6 is 0 Å². The van der Waals surface area contributed by atoms with Crippen LogP contribution in [0, 0.1) is 12.3 Å². The van der Waals surface area contributed by atoms with E-state index in [2.05, 4.69) is 11.2 Å². The standard InChI is InChI=1S/C16H19NO4/c1-4-16(5-2,6-3)17-14(18)11-21-13-9-7-8-12(10-13)15(19)20/h1,7-10H,5-6,11H2,2-3H3,(H,17,18)(H,19,20). The number of carboxylic acids is 1. The second-order valence-corrected chi connectivity index (χ2v) is 4.60. The van der Waals surface area contributed by atoms with E-state index < -0.39 is 11.5 Å². The Morgan fingerprint density at radius 2 is 2.05 bits per heavy atom. The molecule has 1 rings (SSSR count). The number of nitrogens with one attached hydrogen (secondary N) is 1. The van der Waals surface area contributed by atoms with Gasteiger partial charge in [0.05, 0.1) is 5.56 Å². The zero-order valence-electron chi connectivity index (χ0n) is 12.2. The summed E-state index contributed by atoms with van der Waals surface area (Å²) in [5.41, 5.74) is -0.559. The lowest BCUT2D eigenvalue weighted by molar-refractivity contribution is -0.124. The summed E-state index contributed by atoms with van der Waals surface area (Å²) in [6, 6.07) is 5.96. The molecule has 0 aliphatic rings. The third-order valence-electron chi connectivity index (χ3n) is 3.31. The Labute approximate surface area is 124 Å². The molecule has 0 atom stereocenters. The van der Waals surface area contributed by atoms with Gasteiger partial charge in [-0.1, -0.05) is 25.8 Å². The van der Waals surface area contributed by atoms with Crippen LogP contribution in [0.1, 0.15) is 37.0 Å². The maximum absolute atomic E-state index is 11.9. The highest BCUT2D eigenvalue weighted by Crippen LogP contribution is 2.15. The molecule has 0 fully saturated rings. The topological polar surface area (TPSA) is 75.6 Å². The number of hydrogen-bond donors (Lipinski definition) is 2. The van der Waals surface area contributed by atoms with E-state index in [1.54, 1.807) is 12.1 Å². The average Bonchev–Trinajstić information content (AvgIpc) is 2.51. The fraction of sp³-hybridized carbons (Fsp3) is 0.375. The number of carbonyl (C=O) groups is 2. The summed E-state index contributed by atoms with van der Waals surface area (Å²) in [5, 5.41) is 11.6. The van der Waals surface area contributed by atoms with Crippen LogP contribution < -0.4 is 10.1 Å². The maximum Gasteiger partial charge on any atom is 0.335 e. The van der Waals surface area contributed by atoms with Crippen molar-refractivity contribution in [3.8, 4) is 18.1 Å². The predicted molar refractivity (Wildman–Crippen MR) is 79.2 cm³/mol. The van der Waals surface area contributed by atoms with Gasteiger partial charge in [0.15, 0.2) is 6.61 Å². The van der Waals surface area contributed by atoms with Crippen LogP contribution in [0.2, 0.25) is 0 Å². The highest BCUT2D eigenvalue weighted by atomic mass is 16.5. The van der Waals surface area contributed by atoms with Gasteiger partial charge in [-0.2, -0.15) is 0 Å². The van der Waals surface area contributed by atoms with Gasteiger partial charge in [0.2, 0.25) is 0 Å². The van der Waals surface area contributed by atoms with Crippen LogP contribution in [-0.4, -0.2) is 29.1 Å². The number of terminal acetylenes is 1. The molecular weight excluding hydrogens is 270 g/mol. The molecule has 0 aliphatic heterocycles. The van der Waals surface area contributed by atoms with Gasteiger partial charge < -0.3 is 15.2 Å². The fourth-order valence-electron chi connectivity index (χ4n) is 1.84. The van der Waals surface area contributed by atoms with E-state index in [0.29, 0.717) is 18.6 Å². The highest BCUT2D eigenvalue weighted by Gasteiger charge is 2.25. The van der Waals surface area contributed by atoms with Crippen molar-refractivity contribution in [2.75, 3.05) is 6.61 Å². The number of carbonyl (C=O) groups excluding carboxylic acids is 1. The number of hydrogen-bond acceptors (Lipinski definition) is 3. The molecule has 0 bridgehead atoms. The van der Waals surface area contributed by atoms with E-state index >= 15 is 0 Å². The smallest absolute Gasteiger partial charge is 0.335 e. The first kappa shape index (κ1) is 16.6. The van der Waals surface area contributed by atoms with Gasteiger partial charge in [-0.15, -0.1) is 6.42 Å². The summed E-state index contributed by atoms with van der Waals surface area (Å²) in [6.07, 6.45) is 6.72. The van der Waals surface area contributed by atoms with Crippen molar-refractivity contribution in [1.29, 1.82) is 0 Å². The molecule has 5 heteroatoms. The first-order valence-corrected chi connectivity index (χ1v) is 6.71. The first-order valence-electron chi connectivity index (χ1n) is 6.71. The molecule has 1 aromatic carbocycles. The van der Waals surface area contributed by atoms with Crippen LogP contribution in [0.15, 0.2) is 24.3 Å². The quantitative estimate of drug-likeness (QED) is 0.753. The predicted octanol–water partition coefficient (Wildman–Crippen LogP) is 2.07. The molecule has 0 radical (unpaired) electrons. The molecule has 0 heterocycles. The molecule has 0 unspecified atom stereocenters. The molecule has 1 amide bonds. The van der Waals surface area contributed by atoms with E-state index in [1.165, 1.54) is 12.1 Å². The van der Waals surface area contributed by atoms with Crippen molar-refractivity contribution in [3.05, 3.63) is 29.8 Å². The lowest BCUT2D eigenvalue weighted by Gasteiger charge is -2.26. The van der Waals surface area contributed by atoms with Crippen molar-refractivity contribution in [2.45, 2.75) is 32.2 Å². The molecule has 0 aromatic heterocycles. The summed E-state index contributed by atoms with van der Waals surface area (Å²) >= 11 is 0.